The summed E-state index contributed by atoms with van der Waals surface area (Å²) in [4.78, 5) is 11.7. The van der Waals surface area contributed by atoms with E-state index in [1.807, 2.05) is 24.3 Å². The van der Waals surface area contributed by atoms with Crippen LogP contribution >= 0.6 is 0 Å². The van der Waals surface area contributed by atoms with Crippen molar-refractivity contribution in [2.45, 2.75) is 19.4 Å². The third kappa shape index (κ3) is 6.01. The molecular formula is C19H23FN2O2. The Balaban J connectivity index is 1.58. The number of hydrogen-bond donors (Lipinski definition) is 2. The minimum atomic E-state index is -0.296. The highest BCUT2D eigenvalue weighted by Crippen LogP contribution is 2.11. The Hall–Kier alpha value is -2.40. The molecule has 2 aromatic rings. The number of carbonyl (C=O) groups excluding carboxylic acids is 1. The van der Waals surface area contributed by atoms with Crippen LogP contribution in [0.25, 0.3) is 0 Å². The lowest BCUT2D eigenvalue weighted by Crippen LogP contribution is -2.28. The van der Waals surface area contributed by atoms with E-state index in [-0.39, 0.29) is 18.3 Å². The van der Waals surface area contributed by atoms with E-state index < -0.39 is 0 Å². The number of rotatable bonds is 9. The lowest BCUT2D eigenvalue weighted by Gasteiger charge is -2.08. The Morgan fingerprint density at radius 3 is 2.54 bits per heavy atom. The molecule has 2 aromatic carbocycles. The summed E-state index contributed by atoms with van der Waals surface area (Å²) in [6.07, 6.45) is 1.26. The quantitative estimate of drug-likeness (QED) is 0.695. The second kappa shape index (κ2) is 9.67. The first-order chi connectivity index (χ1) is 11.7. The SMILES string of the molecule is COc1ccc(CCNCCC(=O)NCc2ccccc2F)cc1. The van der Waals surface area contributed by atoms with Crippen molar-refractivity contribution in [2.75, 3.05) is 20.2 Å². The average Bonchev–Trinajstić information content (AvgIpc) is 2.61. The van der Waals surface area contributed by atoms with Gasteiger partial charge in [-0.25, -0.2) is 4.39 Å². The number of benzene rings is 2. The largest absolute Gasteiger partial charge is 0.497 e. The van der Waals surface area contributed by atoms with Gasteiger partial charge in [0.15, 0.2) is 0 Å². The maximum atomic E-state index is 13.4. The molecule has 0 aliphatic carbocycles. The molecule has 0 bridgehead atoms. The van der Waals surface area contributed by atoms with Gasteiger partial charge < -0.3 is 15.4 Å². The third-order valence-corrected chi connectivity index (χ3v) is 3.71. The van der Waals surface area contributed by atoms with E-state index in [1.165, 1.54) is 11.6 Å². The molecule has 1 amide bonds. The minimum absolute atomic E-state index is 0.0878. The molecule has 0 aliphatic rings. The summed E-state index contributed by atoms with van der Waals surface area (Å²) in [5.74, 6) is 0.462. The van der Waals surface area contributed by atoms with E-state index in [9.17, 15) is 9.18 Å². The van der Waals surface area contributed by atoms with Crippen LogP contribution in [0.3, 0.4) is 0 Å². The number of amides is 1. The fourth-order valence-electron chi connectivity index (χ4n) is 2.28. The van der Waals surface area contributed by atoms with Gasteiger partial charge in [0.05, 0.1) is 7.11 Å². The second-order valence-electron chi connectivity index (χ2n) is 5.47. The molecule has 0 atom stereocenters. The smallest absolute Gasteiger partial charge is 0.221 e. The first kappa shape index (κ1) is 17.9. The molecule has 0 radical (unpaired) electrons. The molecule has 0 spiro atoms. The fraction of sp³-hybridized carbons (Fsp3) is 0.316. The van der Waals surface area contributed by atoms with Crippen LogP contribution in [-0.2, 0) is 17.8 Å². The lowest BCUT2D eigenvalue weighted by atomic mass is 10.1. The molecule has 0 aliphatic heterocycles. The molecule has 0 heterocycles. The van der Waals surface area contributed by atoms with Crippen LogP contribution in [0.15, 0.2) is 48.5 Å². The van der Waals surface area contributed by atoms with Crippen LogP contribution in [0.2, 0.25) is 0 Å². The molecule has 0 saturated heterocycles. The Morgan fingerprint density at radius 1 is 1.08 bits per heavy atom. The standard InChI is InChI=1S/C19H23FN2O2/c1-24-17-8-6-15(7-9-17)10-12-21-13-11-19(23)22-14-16-4-2-3-5-18(16)20/h2-9,21H,10-14H2,1H3,(H,22,23). The first-order valence-corrected chi connectivity index (χ1v) is 8.03. The molecule has 4 nitrogen and oxygen atoms in total. The van der Waals surface area contributed by atoms with Gasteiger partial charge in [-0.2, -0.15) is 0 Å². The number of methoxy groups -OCH3 is 1. The van der Waals surface area contributed by atoms with Gasteiger partial charge in [-0.3, -0.25) is 4.79 Å². The molecule has 24 heavy (non-hydrogen) atoms. The van der Waals surface area contributed by atoms with Gasteiger partial charge in [0.25, 0.3) is 0 Å². The lowest BCUT2D eigenvalue weighted by molar-refractivity contribution is -0.121. The maximum Gasteiger partial charge on any atom is 0.221 e. The minimum Gasteiger partial charge on any atom is -0.497 e. The van der Waals surface area contributed by atoms with E-state index in [0.29, 0.717) is 18.5 Å². The average molecular weight is 330 g/mol. The molecule has 5 heteroatoms. The summed E-state index contributed by atoms with van der Waals surface area (Å²) < 4.78 is 18.5. The Bertz CT molecular complexity index is 644. The van der Waals surface area contributed by atoms with Crippen molar-refractivity contribution in [2.24, 2.45) is 0 Å². The second-order valence-corrected chi connectivity index (χ2v) is 5.47. The van der Waals surface area contributed by atoms with Crippen molar-refractivity contribution < 1.29 is 13.9 Å². The topological polar surface area (TPSA) is 50.4 Å². The molecule has 128 valence electrons. The molecule has 2 rings (SSSR count). The van der Waals surface area contributed by atoms with Gasteiger partial charge in [-0.1, -0.05) is 30.3 Å². The van der Waals surface area contributed by atoms with Crippen molar-refractivity contribution in [3.05, 3.63) is 65.5 Å². The number of nitrogens with one attached hydrogen (secondary N) is 2. The number of halogens is 1. The van der Waals surface area contributed by atoms with Gasteiger partial charge >= 0.3 is 0 Å². The van der Waals surface area contributed by atoms with Crippen molar-refractivity contribution in [1.29, 1.82) is 0 Å². The van der Waals surface area contributed by atoms with Gasteiger partial charge in [0.2, 0.25) is 5.91 Å². The Labute approximate surface area is 142 Å². The summed E-state index contributed by atoms with van der Waals surface area (Å²) in [5, 5.41) is 5.96. The first-order valence-electron chi connectivity index (χ1n) is 8.03. The van der Waals surface area contributed by atoms with Crippen LogP contribution in [0.1, 0.15) is 17.5 Å². The van der Waals surface area contributed by atoms with Crippen LogP contribution in [-0.4, -0.2) is 26.1 Å². The van der Waals surface area contributed by atoms with Crippen LogP contribution in [0.4, 0.5) is 4.39 Å². The van der Waals surface area contributed by atoms with E-state index in [1.54, 1.807) is 25.3 Å². The van der Waals surface area contributed by atoms with Crippen LogP contribution in [0, 0.1) is 5.82 Å². The van der Waals surface area contributed by atoms with Crippen molar-refractivity contribution >= 4 is 5.91 Å². The van der Waals surface area contributed by atoms with Crippen LogP contribution < -0.4 is 15.4 Å². The van der Waals surface area contributed by atoms with E-state index in [2.05, 4.69) is 10.6 Å². The number of hydrogen-bond acceptors (Lipinski definition) is 3. The zero-order valence-corrected chi connectivity index (χ0v) is 13.8. The van der Waals surface area contributed by atoms with Gasteiger partial charge in [-0.05, 0) is 36.7 Å². The number of carbonyl (C=O) groups is 1. The predicted octanol–water partition coefficient (Wildman–Crippen LogP) is 2.67. The van der Waals surface area contributed by atoms with Gasteiger partial charge in [0, 0.05) is 25.1 Å². The van der Waals surface area contributed by atoms with Gasteiger partial charge in [-0.15, -0.1) is 0 Å². The van der Waals surface area contributed by atoms with E-state index >= 15 is 0 Å². The summed E-state index contributed by atoms with van der Waals surface area (Å²) in [6, 6.07) is 14.4. The highest BCUT2D eigenvalue weighted by atomic mass is 19.1. The summed E-state index contributed by atoms with van der Waals surface area (Å²) >= 11 is 0. The van der Waals surface area contributed by atoms with Gasteiger partial charge in [0.1, 0.15) is 11.6 Å². The summed E-state index contributed by atoms with van der Waals surface area (Å²) in [7, 11) is 1.65. The predicted molar refractivity (Wildman–Crippen MR) is 92.4 cm³/mol. The Morgan fingerprint density at radius 2 is 1.83 bits per heavy atom. The molecule has 0 unspecified atom stereocenters. The van der Waals surface area contributed by atoms with Crippen LogP contribution in [0.5, 0.6) is 5.75 Å². The van der Waals surface area contributed by atoms with Crippen molar-refractivity contribution in [1.82, 2.24) is 10.6 Å². The normalized spacial score (nSPS) is 10.4. The number of ether oxygens (including phenoxy) is 1. The molecular weight excluding hydrogens is 307 g/mol. The molecule has 0 fully saturated rings. The highest BCUT2D eigenvalue weighted by molar-refractivity contribution is 5.76. The monoisotopic (exact) mass is 330 g/mol. The molecule has 2 N–H and O–H groups in total. The van der Waals surface area contributed by atoms with Crippen molar-refractivity contribution in [3.63, 3.8) is 0 Å². The van der Waals surface area contributed by atoms with Crippen molar-refractivity contribution in [3.8, 4) is 5.75 Å². The molecule has 0 saturated carbocycles. The fourth-order valence-corrected chi connectivity index (χ4v) is 2.28. The maximum absolute atomic E-state index is 13.4. The molecule has 0 aromatic heterocycles. The summed E-state index contributed by atoms with van der Waals surface area (Å²) in [6.45, 7) is 1.61. The zero-order valence-electron chi connectivity index (χ0n) is 13.8. The summed E-state index contributed by atoms with van der Waals surface area (Å²) in [5.41, 5.74) is 1.71. The Kier molecular flexibility index (Phi) is 7.23. The third-order valence-electron chi connectivity index (χ3n) is 3.71. The van der Waals surface area contributed by atoms with E-state index in [0.717, 1.165) is 18.7 Å². The highest BCUT2D eigenvalue weighted by Gasteiger charge is 2.04. The zero-order chi connectivity index (χ0) is 17.2. The van der Waals surface area contributed by atoms with E-state index in [4.69, 9.17) is 4.74 Å².